The van der Waals surface area contributed by atoms with Gasteiger partial charge in [0.15, 0.2) is 0 Å². The van der Waals surface area contributed by atoms with Gasteiger partial charge in [0.25, 0.3) is 6.71 Å². The third kappa shape index (κ3) is 6.77. The van der Waals surface area contributed by atoms with Crippen molar-refractivity contribution in [2.45, 2.75) is 50.9 Å². The first-order valence-corrected chi connectivity index (χ1v) is 29.7. The molecule has 0 radical (unpaired) electrons. The second-order valence-corrected chi connectivity index (χ2v) is 24.3. The zero-order valence-corrected chi connectivity index (χ0v) is 48.1. The molecule has 0 aromatic heterocycles. The predicted molar refractivity (Wildman–Crippen MR) is 354 cm³/mol. The van der Waals surface area contributed by atoms with Crippen LogP contribution in [0.4, 0.5) is 45.5 Å². The lowest BCUT2D eigenvalue weighted by Crippen LogP contribution is -2.61. The first-order chi connectivity index (χ1) is 41.1. The Bertz CT molecular complexity index is 4360. The van der Waals surface area contributed by atoms with Gasteiger partial charge in [0, 0.05) is 78.7 Å². The molecule has 0 unspecified atom stereocenters. The van der Waals surface area contributed by atoms with Gasteiger partial charge in [-0.05, 0) is 133 Å². The van der Waals surface area contributed by atoms with Crippen LogP contribution in [-0.2, 0) is 16.2 Å². The monoisotopic (exact) mass is 1080 g/mol. The largest absolute Gasteiger partial charge is 0.314 e. The van der Waals surface area contributed by atoms with Gasteiger partial charge in [-0.25, -0.2) is 0 Å². The molecule has 0 bridgehead atoms. The molecule has 0 atom stereocenters. The summed E-state index contributed by atoms with van der Waals surface area (Å²) in [6, 6.07) is 98.0. The Morgan fingerprint density at radius 1 is 0.429 bits per heavy atom. The van der Waals surface area contributed by atoms with Crippen LogP contribution in [0.25, 0.3) is 27.8 Å². The molecule has 0 amide bonds. The van der Waals surface area contributed by atoms with Gasteiger partial charge in [-0.2, -0.15) is 0 Å². The molecule has 0 N–H and O–H groups in total. The van der Waals surface area contributed by atoms with Crippen molar-refractivity contribution in [3.8, 4) is 22.3 Å². The van der Waals surface area contributed by atoms with Crippen molar-refractivity contribution >= 4 is 74.2 Å². The van der Waals surface area contributed by atoms with E-state index in [9.17, 15) is 0 Å². The zero-order chi connectivity index (χ0) is 56.6. The average Bonchev–Trinajstić information content (AvgIpc) is 1.24. The van der Waals surface area contributed by atoms with Gasteiger partial charge in [0.05, 0.1) is 5.41 Å². The van der Waals surface area contributed by atoms with Gasteiger partial charge in [0.1, 0.15) is 0 Å². The quantitative estimate of drug-likeness (QED) is 0.140. The lowest BCUT2D eigenvalue weighted by molar-refractivity contribution is 0.660. The molecule has 11 aromatic rings. The fraction of sp³-hybridized carbons (Fsp3) is 0.100. The van der Waals surface area contributed by atoms with Gasteiger partial charge in [-0.3, -0.25) is 0 Å². The third-order valence-corrected chi connectivity index (χ3v) is 19.4. The summed E-state index contributed by atoms with van der Waals surface area (Å²) in [6.45, 7) is 16.3. The standard InChI is InChI=1S/C80H62BN3/c1-7-29-67-72(61-42-25-28-45-64(61)80(67,53-30-13-8-14-31-53)54-32-15-9-16-33-54)52(2)82(55-34-17-10-18-35-55)58-50-70-75-71(51-58)84(57-38-21-12-22-39-57)77-69(49-47-66-74(77)60-41-24-27-44-63(60)79(66,5)6)81(75)68-48-46-65-73(59-40-23-26-43-62(59)78(65,3)4)76(68)83(70)56-36-19-11-20-37-56/h7-51H,1H2,2-6H3/b67-29?,72-52+. The first-order valence-electron chi connectivity index (χ1n) is 29.7. The van der Waals surface area contributed by atoms with Crippen LogP contribution in [0.15, 0.2) is 291 Å². The summed E-state index contributed by atoms with van der Waals surface area (Å²) < 4.78 is 0. The molecule has 16 rings (SSSR count). The van der Waals surface area contributed by atoms with Crippen molar-refractivity contribution in [3.63, 3.8) is 0 Å². The number of rotatable bonds is 8. The number of allylic oxidation sites excluding steroid dienone is 5. The minimum Gasteiger partial charge on any atom is -0.314 e. The molecule has 0 saturated heterocycles. The zero-order valence-electron chi connectivity index (χ0n) is 48.1. The van der Waals surface area contributed by atoms with E-state index in [0.717, 1.165) is 39.8 Å². The summed E-state index contributed by atoms with van der Waals surface area (Å²) in [4.78, 5) is 7.83. The van der Waals surface area contributed by atoms with E-state index in [1.165, 1.54) is 106 Å². The maximum absolute atomic E-state index is 4.46. The summed E-state index contributed by atoms with van der Waals surface area (Å²) in [6.07, 6.45) is 4.27. The van der Waals surface area contributed by atoms with Gasteiger partial charge in [0.2, 0.25) is 0 Å². The molecule has 0 spiro atoms. The minimum atomic E-state index is -0.655. The van der Waals surface area contributed by atoms with Crippen molar-refractivity contribution in [2.75, 3.05) is 14.7 Å². The lowest BCUT2D eigenvalue weighted by atomic mass is 9.33. The van der Waals surface area contributed by atoms with E-state index in [1.54, 1.807) is 0 Å². The molecule has 2 aliphatic heterocycles. The number of nitrogens with zero attached hydrogens (tertiary/aromatic N) is 3. The number of hydrogen-bond donors (Lipinski definition) is 0. The van der Waals surface area contributed by atoms with Crippen LogP contribution in [0.3, 0.4) is 0 Å². The molecule has 3 nitrogen and oxygen atoms in total. The number of para-hydroxylation sites is 3. The Balaban J connectivity index is 1.07. The first kappa shape index (κ1) is 49.9. The topological polar surface area (TPSA) is 9.72 Å². The molecular weight excluding hydrogens is 1010 g/mol. The number of fused-ring (bicyclic) bond motifs is 13. The van der Waals surface area contributed by atoms with E-state index in [2.05, 4.69) is 323 Å². The van der Waals surface area contributed by atoms with Crippen molar-refractivity contribution < 1.29 is 0 Å². The van der Waals surface area contributed by atoms with E-state index in [0.29, 0.717) is 0 Å². The van der Waals surface area contributed by atoms with Crippen LogP contribution in [0.5, 0.6) is 0 Å². The van der Waals surface area contributed by atoms with Crippen molar-refractivity contribution in [2.24, 2.45) is 0 Å². The fourth-order valence-electron chi connectivity index (χ4n) is 16.0. The molecule has 11 aromatic carbocycles. The third-order valence-electron chi connectivity index (χ3n) is 19.4. The predicted octanol–water partition coefficient (Wildman–Crippen LogP) is 18.4. The van der Waals surface area contributed by atoms with Crippen LogP contribution in [-0.4, -0.2) is 6.71 Å². The van der Waals surface area contributed by atoms with E-state index >= 15 is 0 Å². The molecular formula is C80H62BN3. The molecule has 4 heteroatoms. The SMILES string of the molecule is C=CC=C1/C(=C(\C)N(c2ccccc2)c2cc3c4c(c2)N(c2ccccc2)c2c(ccc5c2-c2ccccc2C5(C)C)B4c2ccc4c(c2N3c2ccccc2)-c2ccccc2C4(C)C)c2ccccc2C1(c1ccccc1)c1ccccc1. The number of anilines is 8. The summed E-state index contributed by atoms with van der Waals surface area (Å²) in [5.74, 6) is 0. The highest BCUT2D eigenvalue weighted by molar-refractivity contribution is 7.00. The van der Waals surface area contributed by atoms with Gasteiger partial charge < -0.3 is 14.7 Å². The van der Waals surface area contributed by atoms with E-state index in [-0.39, 0.29) is 17.5 Å². The maximum Gasteiger partial charge on any atom is 0.252 e. The van der Waals surface area contributed by atoms with Gasteiger partial charge >= 0.3 is 0 Å². The molecule has 5 aliphatic rings. The molecule has 84 heavy (non-hydrogen) atoms. The van der Waals surface area contributed by atoms with Crippen molar-refractivity contribution in [3.05, 3.63) is 335 Å². The highest BCUT2D eigenvalue weighted by Gasteiger charge is 2.52. The molecule has 3 aliphatic carbocycles. The molecule has 0 fully saturated rings. The fourth-order valence-corrected chi connectivity index (χ4v) is 16.0. The summed E-state index contributed by atoms with van der Waals surface area (Å²) >= 11 is 0. The Labute approximate surface area is 494 Å². The normalized spacial score (nSPS) is 16.6. The van der Waals surface area contributed by atoms with Crippen LogP contribution < -0.4 is 31.1 Å². The van der Waals surface area contributed by atoms with E-state index in [1.807, 2.05) is 6.08 Å². The van der Waals surface area contributed by atoms with Crippen LogP contribution in [0, 0.1) is 0 Å². The van der Waals surface area contributed by atoms with Crippen molar-refractivity contribution in [1.29, 1.82) is 0 Å². The molecule has 400 valence electrons. The van der Waals surface area contributed by atoms with Gasteiger partial charge in [-0.1, -0.05) is 259 Å². The average molecular weight is 1080 g/mol. The maximum atomic E-state index is 4.46. The summed E-state index contributed by atoms with van der Waals surface area (Å²) in [5.41, 5.74) is 30.9. The summed E-state index contributed by atoms with van der Waals surface area (Å²) in [7, 11) is 0. The Hall–Kier alpha value is -9.90. The second-order valence-electron chi connectivity index (χ2n) is 24.3. The molecule has 0 saturated carbocycles. The Morgan fingerprint density at radius 2 is 0.833 bits per heavy atom. The Kier molecular flexibility index (Phi) is 11.0. The summed E-state index contributed by atoms with van der Waals surface area (Å²) in [5, 5.41) is 0. The molecule has 2 heterocycles. The second kappa shape index (κ2) is 18.6. The number of hydrogen-bond acceptors (Lipinski definition) is 3. The Morgan fingerprint density at radius 3 is 1.30 bits per heavy atom. The lowest BCUT2D eigenvalue weighted by Gasteiger charge is -2.46. The minimum absolute atomic E-state index is 0.123. The highest BCUT2D eigenvalue weighted by atomic mass is 15.2. The van der Waals surface area contributed by atoms with Crippen LogP contribution in [0.2, 0.25) is 0 Å². The van der Waals surface area contributed by atoms with Gasteiger partial charge in [-0.15, -0.1) is 0 Å². The van der Waals surface area contributed by atoms with Crippen LogP contribution >= 0.6 is 0 Å². The smallest absolute Gasteiger partial charge is 0.252 e. The van der Waals surface area contributed by atoms with Crippen LogP contribution in [0.1, 0.15) is 79.1 Å². The van der Waals surface area contributed by atoms with Crippen molar-refractivity contribution in [1.82, 2.24) is 0 Å². The number of benzene rings is 11. The van der Waals surface area contributed by atoms with E-state index in [4.69, 9.17) is 0 Å². The van der Waals surface area contributed by atoms with E-state index < -0.39 is 5.41 Å². The highest BCUT2D eigenvalue weighted by Crippen LogP contribution is 2.61.